The summed E-state index contributed by atoms with van der Waals surface area (Å²) >= 11 is 17.1. The molecule has 4 unspecified atom stereocenters. The number of hydrogen-bond donors (Lipinski definition) is 1. The minimum atomic E-state index is -5.09. The van der Waals surface area contributed by atoms with Crippen LogP contribution in [0.15, 0.2) is 69.8 Å². The number of para-hydroxylation sites is 1. The molecule has 4 atom stereocenters. The number of likely N-dealkylation sites (tertiary alicyclic amines) is 1. The second-order valence-corrected chi connectivity index (χ2v) is 11.7. The van der Waals surface area contributed by atoms with Crippen LogP contribution in [-0.4, -0.2) is 57.3 Å². The van der Waals surface area contributed by atoms with Gasteiger partial charge in [-0.25, -0.2) is 23.5 Å². The van der Waals surface area contributed by atoms with E-state index in [-0.39, 0.29) is 28.8 Å². The number of carbonyl (C=O) groups is 2. The highest BCUT2D eigenvalue weighted by molar-refractivity contribution is 9.09. The van der Waals surface area contributed by atoms with E-state index in [0.717, 1.165) is 37.0 Å². The van der Waals surface area contributed by atoms with Crippen LogP contribution >= 0.6 is 39.1 Å². The van der Waals surface area contributed by atoms with Gasteiger partial charge in [0.1, 0.15) is 11.5 Å². The number of phenolic OH excluding ortho intramolecular Hbond substituents is 1. The van der Waals surface area contributed by atoms with Crippen LogP contribution in [0.4, 0.5) is 13.2 Å². The number of halogens is 6. The van der Waals surface area contributed by atoms with Crippen molar-refractivity contribution in [2.75, 3.05) is 5.45 Å². The third-order valence-corrected chi connectivity index (χ3v) is 9.75. The summed E-state index contributed by atoms with van der Waals surface area (Å²) in [6.45, 7) is -0.192. The Morgan fingerprint density at radius 1 is 1.02 bits per heavy atom. The molecule has 3 aromatic rings. The largest absolute Gasteiger partial charge is 0.573 e. The first-order valence-corrected chi connectivity index (χ1v) is 14.2. The van der Waals surface area contributed by atoms with Crippen LogP contribution in [0.5, 0.6) is 11.5 Å². The van der Waals surface area contributed by atoms with E-state index < -0.39 is 69.2 Å². The lowest BCUT2D eigenvalue weighted by molar-refractivity contribution is -0.274. The van der Waals surface area contributed by atoms with E-state index in [0.29, 0.717) is 0 Å². The van der Waals surface area contributed by atoms with Crippen LogP contribution in [0, 0.1) is 0 Å². The lowest BCUT2D eigenvalue weighted by Crippen LogP contribution is -2.59. The minimum absolute atomic E-state index is 0.192. The van der Waals surface area contributed by atoms with Crippen molar-refractivity contribution in [1.29, 1.82) is 0 Å². The van der Waals surface area contributed by atoms with E-state index in [1.165, 1.54) is 6.08 Å². The second kappa shape index (κ2) is 9.51. The molecule has 42 heavy (non-hydrogen) atoms. The van der Waals surface area contributed by atoms with Crippen LogP contribution in [0.2, 0.25) is 0 Å². The molecule has 16 heteroatoms. The molecule has 0 bridgehead atoms. The summed E-state index contributed by atoms with van der Waals surface area (Å²) in [6, 6.07) is 9.57. The van der Waals surface area contributed by atoms with Crippen molar-refractivity contribution in [3.8, 4) is 17.2 Å². The zero-order valence-electron chi connectivity index (χ0n) is 21.0. The maximum Gasteiger partial charge on any atom is 0.573 e. The van der Waals surface area contributed by atoms with Crippen molar-refractivity contribution in [2.24, 2.45) is 0 Å². The molecule has 3 aliphatic rings. The average Bonchev–Trinajstić information content (AvgIpc) is 3.27. The van der Waals surface area contributed by atoms with Crippen molar-refractivity contribution in [3.63, 3.8) is 0 Å². The molecule has 3 heterocycles. The molecule has 1 saturated heterocycles. The maximum atomic E-state index is 13.8. The van der Waals surface area contributed by atoms with Gasteiger partial charge in [-0.1, -0.05) is 40.2 Å². The number of fused-ring (bicyclic) bond motifs is 4. The third-order valence-electron chi connectivity index (χ3n) is 7.84. The van der Waals surface area contributed by atoms with Gasteiger partial charge < -0.3 is 9.84 Å². The number of amides is 2. The fourth-order valence-electron chi connectivity index (χ4n) is 6.12. The highest BCUT2D eigenvalue weighted by Gasteiger charge is 2.75. The lowest BCUT2D eigenvalue weighted by Gasteiger charge is -2.49. The summed E-state index contributed by atoms with van der Waals surface area (Å²) in [4.78, 5) is 50.7. The number of imide groups is 1. The van der Waals surface area contributed by atoms with E-state index >= 15 is 0 Å². The topological polar surface area (TPSA) is 116 Å². The molecular formula is C26H18BrCl2F3N4O6. The molecule has 0 spiro atoms. The number of phenols is 1. The smallest absolute Gasteiger partial charge is 0.508 e. The Balaban J connectivity index is 1.61. The van der Waals surface area contributed by atoms with E-state index in [2.05, 4.69) is 20.7 Å². The average molecular weight is 690 g/mol. The van der Waals surface area contributed by atoms with Gasteiger partial charge in [0.2, 0.25) is 0 Å². The minimum Gasteiger partial charge on any atom is -0.508 e. The standard InChI is InChI=1S/C26H18BrCl2F3N4O6/c27-12-33-20(38)24(28)11-17-15(8-9-34-22(40)35(23(41)36(17)34)13-4-2-1-3-5-13)19(25(24,29)21(33)39)16-10-14(6-7-18(16)37)42-26(30,31)32/h1-8,10,17,19,37H,9,11-12H2. The van der Waals surface area contributed by atoms with Gasteiger partial charge in [0.15, 0.2) is 9.75 Å². The summed E-state index contributed by atoms with van der Waals surface area (Å²) in [5.74, 6) is -4.69. The van der Waals surface area contributed by atoms with E-state index in [1.807, 2.05) is 0 Å². The molecule has 1 N–H and O–H groups in total. The molecule has 1 aromatic heterocycles. The number of benzene rings is 2. The van der Waals surface area contributed by atoms with Gasteiger partial charge in [0, 0.05) is 17.9 Å². The first kappa shape index (κ1) is 28.6. The van der Waals surface area contributed by atoms with Crippen LogP contribution in [0.25, 0.3) is 5.69 Å². The summed E-state index contributed by atoms with van der Waals surface area (Å²) in [7, 11) is 0. The first-order valence-electron chi connectivity index (χ1n) is 12.3. The van der Waals surface area contributed by atoms with Crippen molar-refractivity contribution in [1.82, 2.24) is 18.8 Å². The number of allylic oxidation sites excluding steroid dienone is 2. The van der Waals surface area contributed by atoms with E-state index in [9.17, 15) is 37.5 Å². The van der Waals surface area contributed by atoms with Crippen molar-refractivity contribution >= 4 is 50.9 Å². The number of rotatable bonds is 4. The van der Waals surface area contributed by atoms with E-state index in [4.69, 9.17) is 23.2 Å². The van der Waals surface area contributed by atoms with Crippen LogP contribution in [0.1, 0.15) is 23.9 Å². The maximum absolute atomic E-state index is 13.8. The van der Waals surface area contributed by atoms with Crippen molar-refractivity contribution in [3.05, 3.63) is 86.7 Å². The Hall–Kier alpha value is -3.49. The predicted octanol–water partition coefficient (Wildman–Crippen LogP) is 3.75. The SMILES string of the molecule is O=C1N(CBr)C(=O)C2(Cl)C(c3cc(OC(F)(F)F)ccc3O)C3=CCn4c(=O)n(-c5ccccc5)c(=O)n4C3CC12Cl. The zero-order valence-corrected chi connectivity index (χ0v) is 24.1. The Morgan fingerprint density at radius 3 is 2.36 bits per heavy atom. The lowest BCUT2D eigenvalue weighted by atomic mass is 9.64. The molecule has 10 nitrogen and oxygen atoms in total. The van der Waals surface area contributed by atoms with Gasteiger partial charge in [-0.2, -0.15) is 0 Å². The number of aromatic hydroxyl groups is 1. The molecule has 220 valence electrons. The molecule has 1 aliphatic carbocycles. The summed E-state index contributed by atoms with van der Waals surface area (Å²) < 4.78 is 46.5. The fraction of sp³-hybridized carbons (Fsp3) is 0.308. The quantitative estimate of drug-likeness (QED) is 0.193. The third kappa shape index (κ3) is 3.84. The van der Waals surface area contributed by atoms with Gasteiger partial charge in [-0.05, 0) is 35.9 Å². The first-order chi connectivity index (χ1) is 19.7. The second-order valence-electron chi connectivity index (χ2n) is 9.96. The van der Waals surface area contributed by atoms with Crippen LogP contribution in [-0.2, 0) is 16.1 Å². The highest BCUT2D eigenvalue weighted by Crippen LogP contribution is 2.64. The number of nitrogens with zero attached hydrogens (tertiary/aromatic N) is 4. The number of carbonyl (C=O) groups excluding carboxylic acids is 2. The van der Waals surface area contributed by atoms with Gasteiger partial charge in [-0.3, -0.25) is 14.5 Å². The van der Waals surface area contributed by atoms with Crippen LogP contribution in [0.3, 0.4) is 0 Å². The number of ether oxygens (including phenoxy) is 1. The Morgan fingerprint density at radius 2 is 1.71 bits per heavy atom. The predicted molar refractivity (Wildman–Crippen MR) is 146 cm³/mol. The molecule has 1 saturated carbocycles. The molecule has 2 amide bonds. The summed E-state index contributed by atoms with van der Waals surface area (Å²) in [6.07, 6.45) is -4.01. The zero-order chi connectivity index (χ0) is 30.4. The van der Waals surface area contributed by atoms with Gasteiger partial charge >= 0.3 is 17.7 Å². The monoisotopic (exact) mass is 688 g/mol. The Labute approximate surface area is 252 Å². The van der Waals surface area contributed by atoms with Gasteiger partial charge in [0.05, 0.1) is 23.7 Å². The van der Waals surface area contributed by atoms with E-state index in [1.54, 1.807) is 30.3 Å². The molecule has 2 aliphatic heterocycles. The molecule has 0 radical (unpaired) electrons. The van der Waals surface area contributed by atoms with Crippen molar-refractivity contribution in [2.45, 2.75) is 41.0 Å². The summed E-state index contributed by atoms with van der Waals surface area (Å²) in [5.41, 5.74) is -1.60. The number of alkyl halides is 6. The van der Waals surface area contributed by atoms with Crippen molar-refractivity contribution < 1.29 is 32.6 Å². The van der Waals surface area contributed by atoms with Gasteiger partial charge in [0.25, 0.3) is 11.8 Å². The Bertz CT molecular complexity index is 1810. The molecule has 2 aromatic carbocycles. The normalized spacial score (nSPS) is 26.9. The highest BCUT2D eigenvalue weighted by atomic mass is 79.9. The molecular weight excluding hydrogens is 672 g/mol. The molecule has 6 rings (SSSR count). The summed E-state index contributed by atoms with van der Waals surface area (Å²) in [5, 5.41) is 10.9. The number of hydrogen-bond acceptors (Lipinski definition) is 6. The fourth-order valence-corrected chi connectivity index (χ4v) is 7.52. The van der Waals surface area contributed by atoms with Crippen LogP contribution < -0.4 is 16.1 Å². The Kier molecular flexibility index (Phi) is 6.48. The van der Waals surface area contributed by atoms with Gasteiger partial charge in [-0.15, -0.1) is 36.4 Å². The molecule has 2 fully saturated rings. The number of aromatic nitrogens is 3.